The van der Waals surface area contributed by atoms with Crippen LogP contribution in [0.2, 0.25) is 0 Å². The molecule has 0 radical (unpaired) electrons. The van der Waals surface area contributed by atoms with Gasteiger partial charge in [-0.2, -0.15) is 8.78 Å². The fourth-order valence-electron chi connectivity index (χ4n) is 4.26. The summed E-state index contributed by atoms with van der Waals surface area (Å²) >= 11 is 3.57. The lowest BCUT2D eigenvalue weighted by Gasteiger charge is -2.38. The summed E-state index contributed by atoms with van der Waals surface area (Å²) in [6.07, 6.45) is 5.61. The van der Waals surface area contributed by atoms with Gasteiger partial charge in [0.05, 0.1) is 0 Å². The Hall–Kier alpha value is -1.54. The van der Waals surface area contributed by atoms with E-state index in [1.54, 1.807) is 4.90 Å². The smallest absolute Gasteiger partial charge is 0.342 e. The molecule has 2 aliphatic rings. The molecule has 1 aromatic carbocycles. The van der Waals surface area contributed by atoms with Gasteiger partial charge in [-0.15, -0.1) is 0 Å². The Kier molecular flexibility index (Phi) is 7.56. The van der Waals surface area contributed by atoms with Crippen LogP contribution in [-0.4, -0.2) is 34.5 Å². The summed E-state index contributed by atoms with van der Waals surface area (Å²) in [5.41, 5.74) is 7.46. The van der Waals surface area contributed by atoms with Gasteiger partial charge in [0, 0.05) is 10.5 Å². The van der Waals surface area contributed by atoms with Crippen LogP contribution < -0.4 is 5.73 Å². The molecule has 1 aliphatic carbocycles. The van der Waals surface area contributed by atoms with Crippen molar-refractivity contribution in [3.63, 3.8) is 0 Å². The van der Waals surface area contributed by atoms with E-state index in [0.717, 1.165) is 41.3 Å². The number of amides is 1. The molecule has 0 spiro atoms. The normalized spacial score (nSPS) is 23.1. The summed E-state index contributed by atoms with van der Waals surface area (Å²) < 4.78 is 20.8. The summed E-state index contributed by atoms with van der Waals surface area (Å²) in [5.74, 6) is 0.622. The number of alkyl halides is 2. The van der Waals surface area contributed by atoms with Crippen LogP contribution in [0.1, 0.15) is 57.1 Å². The molecule has 1 saturated carbocycles. The summed E-state index contributed by atoms with van der Waals surface area (Å²) in [7, 11) is 0. The topological polar surface area (TPSA) is 78.9 Å². The zero-order valence-corrected chi connectivity index (χ0v) is 18.0. The minimum atomic E-state index is -3.17. The van der Waals surface area contributed by atoms with Gasteiger partial charge >= 0.3 is 6.61 Å². The number of nitrogens with two attached hydrogens (primary N) is 1. The highest BCUT2D eigenvalue weighted by atomic mass is 79.9. The van der Waals surface area contributed by atoms with Crippen molar-refractivity contribution in [2.45, 2.75) is 71.1 Å². The van der Waals surface area contributed by atoms with Crippen molar-refractivity contribution in [2.24, 2.45) is 16.6 Å². The number of aliphatic hydroxyl groups is 1. The molecular weight excluding hydrogens is 432 g/mol. The lowest BCUT2D eigenvalue weighted by atomic mass is 9.70. The fourth-order valence-corrected chi connectivity index (χ4v) is 4.62. The number of aliphatic imine (C=N–C) groups is 1. The van der Waals surface area contributed by atoms with Crippen molar-refractivity contribution in [2.75, 3.05) is 0 Å². The average Bonchev–Trinajstić information content (AvgIpc) is 2.89. The number of halogens is 3. The van der Waals surface area contributed by atoms with Gasteiger partial charge in [0.1, 0.15) is 0 Å². The zero-order chi connectivity index (χ0) is 21.1. The van der Waals surface area contributed by atoms with E-state index in [4.69, 9.17) is 15.8 Å². The van der Waals surface area contributed by atoms with Gasteiger partial charge in [0.25, 0.3) is 5.91 Å². The standard InChI is InChI=1S/C19H26BrN3O.CH2F2O/c1-12(2)23-17(24)19(22-18(23)21,14-7-5-4-6-8-14)16-11-15(20)10-9-13(16)3;2-1(3)4/h9-12,14H,4-8H2,1-3H3,(H2,21,22);1,4H. The van der Waals surface area contributed by atoms with Gasteiger partial charge in [-0.3, -0.25) is 9.69 Å². The number of carbonyl (C=O) groups is 1. The van der Waals surface area contributed by atoms with Gasteiger partial charge in [0.15, 0.2) is 11.5 Å². The minimum absolute atomic E-state index is 0.0131. The van der Waals surface area contributed by atoms with Gasteiger partial charge in [-0.1, -0.05) is 41.3 Å². The number of hydrogen-bond acceptors (Lipinski definition) is 4. The summed E-state index contributed by atoms with van der Waals surface area (Å²) in [6, 6.07) is 6.14. The SMILES string of the molecule is Cc1ccc(Br)cc1C1(C2CCCCC2)N=C(N)N(C(C)C)C1=O.OC(F)F. The zero-order valence-electron chi connectivity index (χ0n) is 16.5. The molecular formula is C20H28BrF2N3O2. The number of carbonyl (C=O) groups excluding carboxylic acids is 1. The molecule has 1 unspecified atom stereocenters. The maximum absolute atomic E-state index is 13.6. The van der Waals surface area contributed by atoms with E-state index >= 15 is 0 Å². The van der Waals surface area contributed by atoms with E-state index in [2.05, 4.69) is 35.0 Å². The van der Waals surface area contributed by atoms with Crippen LogP contribution in [0, 0.1) is 12.8 Å². The second kappa shape index (κ2) is 9.31. The predicted molar refractivity (Wildman–Crippen MR) is 109 cm³/mol. The monoisotopic (exact) mass is 459 g/mol. The first-order chi connectivity index (χ1) is 13.1. The minimum Gasteiger partial charge on any atom is -0.369 e. The number of hydrogen-bond donors (Lipinski definition) is 2. The van der Waals surface area contributed by atoms with Crippen molar-refractivity contribution in [3.05, 3.63) is 33.8 Å². The Bertz CT molecular complexity index is 733. The van der Waals surface area contributed by atoms with E-state index in [1.165, 1.54) is 6.42 Å². The van der Waals surface area contributed by atoms with Crippen LogP contribution in [0.3, 0.4) is 0 Å². The van der Waals surface area contributed by atoms with E-state index in [1.807, 2.05) is 19.9 Å². The predicted octanol–water partition coefficient (Wildman–Crippen LogP) is 4.30. The second-order valence-corrected chi connectivity index (χ2v) is 8.49. The van der Waals surface area contributed by atoms with Crippen molar-refractivity contribution in [1.29, 1.82) is 0 Å². The Labute approximate surface area is 173 Å². The van der Waals surface area contributed by atoms with Crippen LogP contribution in [0.15, 0.2) is 27.7 Å². The van der Waals surface area contributed by atoms with E-state index in [9.17, 15) is 13.6 Å². The Morgan fingerprint density at radius 3 is 2.36 bits per heavy atom. The third-order valence-electron chi connectivity index (χ3n) is 5.41. The highest BCUT2D eigenvalue weighted by Crippen LogP contribution is 2.48. The molecule has 3 N–H and O–H groups in total. The van der Waals surface area contributed by atoms with Crippen LogP contribution >= 0.6 is 15.9 Å². The molecule has 0 saturated heterocycles. The number of benzene rings is 1. The molecule has 1 heterocycles. The number of aliphatic hydroxyl groups excluding tert-OH is 1. The van der Waals surface area contributed by atoms with Gasteiger partial charge < -0.3 is 10.8 Å². The number of rotatable bonds is 3. The average molecular weight is 460 g/mol. The molecule has 1 amide bonds. The van der Waals surface area contributed by atoms with Gasteiger partial charge in [-0.05, 0) is 62.8 Å². The van der Waals surface area contributed by atoms with Crippen LogP contribution in [0.4, 0.5) is 8.78 Å². The molecule has 0 aromatic heterocycles. The lowest BCUT2D eigenvalue weighted by Crippen LogP contribution is -2.49. The molecule has 1 fully saturated rings. The molecule has 1 aliphatic heterocycles. The number of nitrogens with zero attached hydrogens (tertiary/aromatic N) is 2. The quantitative estimate of drug-likeness (QED) is 0.706. The molecule has 8 heteroatoms. The van der Waals surface area contributed by atoms with Crippen molar-refractivity contribution in [3.8, 4) is 0 Å². The fraction of sp³-hybridized carbons (Fsp3) is 0.600. The van der Waals surface area contributed by atoms with Crippen molar-refractivity contribution in [1.82, 2.24) is 4.90 Å². The molecule has 5 nitrogen and oxygen atoms in total. The van der Waals surface area contributed by atoms with Crippen LogP contribution in [0.25, 0.3) is 0 Å². The van der Waals surface area contributed by atoms with E-state index in [-0.39, 0.29) is 17.9 Å². The Balaban J connectivity index is 0.000000640. The first-order valence-corrected chi connectivity index (χ1v) is 10.3. The van der Waals surface area contributed by atoms with E-state index < -0.39 is 12.2 Å². The number of guanidine groups is 1. The maximum atomic E-state index is 13.6. The summed E-state index contributed by atoms with van der Waals surface area (Å²) in [4.78, 5) is 20.1. The highest BCUT2D eigenvalue weighted by molar-refractivity contribution is 9.10. The van der Waals surface area contributed by atoms with Crippen LogP contribution in [-0.2, 0) is 10.3 Å². The largest absolute Gasteiger partial charge is 0.369 e. The molecule has 28 heavy (non-hydrogen) atoms. The maximum Gasteiger partial charge on any atom is 0.342 e. The number of aryl methyl sites for hydroxylation is 1. The molecule has 1 atom stereocenters. The lowest BCUT2D eigenvalue weighted by molar-refractivity contribution is -0.135. The third kappa shape index (κ3) is 4.54. The summed E-state index contributed by atoms with van der Waals surface area (Å²) in [6.45, 7) is 2.87. The summed E-state index contributed by atoms with van der Waals surface area (Å²) in [5, 5.41) is 6.72. The first kappa shape index (κ1) is 22.7. The Morgan fingerprint density at radius 2 is 1.86 bits per heavy atom. The van der Waals surface area contributed by atoms with Crippen LogP contribution in [0.5, 0.6) is 0 Å². The van der Waals surface area contributed by atoms with Gasteiger partial charge in [0.2, 0.25) is 0 Å². The molecule has 3 rings (SSSR count). The first-order valence-electron chi connectivity index (χ1n) is 9.53. The molecule has 156 valence electrons. The Morgan fingerprint density at radius 1 is 1.29 bits per heavy atom. The van der Waals surface area contributed by atoms with Crippen molar-refractivity contribution < 1.29 is 18.7 Å². The van der Waals surface area contributed by atoms with Gasteiger partial charge in [-0.25, -0.2) is 4.99 Å². The molecule has 0 bridgehead atoms. The second-order valence-electron chi connectivity index (χ2n) is 7.58. The molecule has 1 aromatic rings. The van der Waals surface area contributed by atoms with Crippen molar-refractivity contribution >= 4 is 27.8 Å². The third-order valence-corrected chi connectivity index (χ3v) is 5.90. The van der Waals surface area contributed by atoms with E-state index in [0.29, 0.717) is 5.96 Å². The highest BCUT2D eigenvalue weighted by Gasteiger charge is 2.55.